The van der Waals surface area contributed by atoms with Crippen LogP contribution in [0.3, 0.4) is 0 Å². The lowest BCUT2D eigenvalue weighted by atomic mass is 10.2. The highest BCUT2D eigenvalue weighted by Crippen LogP contribution is 2.36. The molecule has 5 nitrogen and oxygen atoms in total. The van der Waals surface area contributed by atoms with Gasteiger partial charge in [-0.25, -0.2) is 0 Å². The van der Waals surface area contributed by atoms with Gasteiger partial charge in [-0.2, -0.15) is 5.10 Å². The molecule has 0 aliphatic carbocycles. The van der Waals surface area contributed by atoms with Gasteiger partial charge in [0.1, 0.15) is 0 Å². The molecular formula is C14H20ClN3O2S. The molecule has 116 valence electrons. The third-order valence-electron chi connectivity index (χ3n) is 2.35. The van der Waals surface area contributed by atoms with Gasteiger partial charge >= 0.3 is 0 Å². The average molecular weight is 330 g/mol. The summed E-state index contributed by atoms with van der Waals surface area (Å²) < 4.78 is 11.2. The van der Waals surface area contributed by atoms with E-state index in [9.17, 15) is 0 Å². The zero-order chi connectivity index (χ0) is 15.7. The van der Waals surface area contributed by atoms with E-state index in [1.54, 1.807) is 12.3 Å². The molecule has 0 bridgehead atoms. The number of halogens is 1. The molecule has 1 aromatic rings. The van der Waals surface area contributed by atoms with Gasteiger partial charge in [0.05, 0.1) is 24.5 Å². The highest BCUT2D eigenvalue weighted by atomic mass is 35.5. The maximum absolute atomic E-state index is 6.24. The number of nitrogens with two attached hydrogens (primary N) is 1. The zero-order valence-corrected chi connectivity index (χ0v) is 14.0. The first-order valence-electron chi connectivity index (χ1n) is 6.62. The highest BCUT2D eigenvalue weighted by molar-refractivity contribution is 8.13. The number of nitrogens with zero attached hydrogens (tertiary/aromatic N) is 2. The molecule has 21 heavy (non-hydrogen) atoms. The summed E-state index contributed by atoms with van der Waals surface area (Å²) in [6.07, 6.45) is 4.30. The van der Waals surface area contributed by atoms with Crippen molar-refractivity contribution in [1.29, 1.82) is 0 Å². The SMILES string of the molecule is CCCOc1c(Cl)cc(/C=N\N=C(/N)SC)cc1OCC. The fraction of sp³-hybridized carbons (Fsp3) is 0.429. The Morgan fingerprint density at radius 1 is 1.38 bits per heavy atom. The average Bonchev–Trinajstić information content (AvgIpc) is 2.46. The van der Waals surface area contributed by atoms with Crippen LogP contribution in [0.15, 0.2) is 22.3 Å². The first-order chi connectivity index (χ1) is 10.1. The smallest absolute Gasteiger partial charge is 0.180 e. The first-order valence-corrected chi connectivity index (χ1v) is 8.22. The Labute approximate surface area is 134 Å². The number of rotatable bonds is 7. The second-order valence-corrected chi connectivity index (χ2v) is 5.23. The number of benzene rings is 1. The van der Waals surface area contributed by atoms with Crippen molar-refractivity contribution in [3.8, 4) is 11.5 Å². The number of amidine groups is 1. The van der Waals surface area contributed by atoms with Crippen LogP contribution < -0.4 is 15.2 Å². The van der Waals surface area contributed by atoms with E-state index in [0.29, 0.717) is 34.9 Å². The minimum absolute atomic E-state index is 0.394. The molecular weight excluding hydrogens is 310 g/mol. The molecule has 0 saturated carbocycles. The van der Waals surface area contributed by atoms with Crippen LogP contribution in [0.1, 0.15) is 25.8 Å². The number of thioether (sulfide) groups is 1. The van der Waals surface area contributed by atoms with Gasteiger partial charge < -0.3 is 15.2 Å². The summed E-state index contributed by atoms with van der Waals surface area (Å²) in [6.45, 7) is 5.05. The van der Waals surface area contributed by atoms with Gasteiger partial charge in [0.25, 0.3) is 0 Å². The van der Waals surface area contributed by atoms with Crippen LogP contribution in [0.2, 0.25) is 5.02 Å². The third kappa shape index (κ3) is 5.85. The van der Waals surface area contributed by atoms with Crippen molar-refractivity contribution in [2.75, 3.05) is 19.5 Å². The molecule has 0 aliphatic heterocycles. The lowest BCUT2D eigenvalue weighted by molar-refractivity contribution is 0.277. The quantitative estimate of drug-likeness (QED) is 0.472. The van der Waals surface area contributed by atoms with Crippen LogP contribution in [0, 0.1) is 0 Å². The monoisotopic (exact) mass is 329 g/mol. The van der Waals surface area contributed by atoms with Crippen LogP contribution in [0.4, 0.5) is 0 Å². The maximum atomic E-state index is 6.24. The molecule has 7 heteroatoms. The molecule has 1 rings (SSSR count). The first kappa shape index (κ1) is 17.7. The van der Waals surface area contributed by atoms with Gasteiger partial charge in [0.2, 0.25) is 0 Å². The van der Waals surface area contributed by atoms with E-state index in [1.165, 1.54) is 11.8 Å². The van der Waals surface area contributed by atoms with E-state index in [4.69, 9.17) is 26.8 Å². The van der Waals surface area contributed by atoms with Crippen molar-refractivity contribution >= 4 is 34.7 Å². The Morgan fingerprint density at radius 3 is 2.76 bits per heavy atom. The molecule has 0 heterocycles. The van der Waals surface area contributed by atoms with Crippen LogP contribution in [-0.4, -0.2) is 30.9 Å². The van der Waals surface area contributed by atoms with Gasteiger partial charge in [-0.15, -0.1) is 5.10 Å². The van der Waals surface area contributed by atoms with Crippen molar-refractivity contribution in [3.05, 3.63) is 22.7 Å². The van der Waals surface area contributed by atoms with E-state index in [2.05, 4.69) is 10.2 Å². The van der Waals surface area contributed by atoms with Crippen molar-refractivity contribution in [2.24, 2.45) is 15.9 Å². The zero-order valence-electron chi connectivity index (χ0n) is 12.4. The van der Waals surface area contributed by atoms with Crippen LogP contribution in [0.5, 0.6) is 11.5 Å². The molecule has 1 aromatic carbocycles. The summed E-state index contributed by atoms with van der Waals surface area (Å²) in [5.74, 6) is 1.16. The molecule has 0 radical (unpaired) electrons. The van der Waals surface area contributed by atoms with E-state index < -0.39 is 0 Å². The molecule has 0 unspecified atom stereocenters. The van der Waals surface area contributed by atoms with Crippen LogP contribution >= 0.6 is 23.4 Å². The molecule has 0 spiro atoms. The fourth-order valence-electron chi connectivity index (χ4n) is 1.46. The molecule has 0 aliphatic rings. The molecule has 0 saturated heterocycles. The number of hydrogen-bond donors (Lipinski definition) is 1. The van der Waals surface area contributed by atoms with Crippen molar-refractivity contribution in [1.82, 2.24) is 0 Å². The van der Waals surface area contributed by atoms with Gasteiger partial charge in [0.15, 0.2) is 16.7 Å². The number of ether oxygens (including phenoxy) is 2. The summed E-state index contributed by atoms with van der Waals surface area (Å²) in [7, 11) is 0. The minimum atomic E-state index is 0.394. The topological polar surface area (TPSA) is 69.2 Å². The Hall–Kier alpha value is -1.40. The lowest BCUT2D eigenvalue weighted by Crippen LogP contribution is -2.04. The minimum Gasteiger partial charge on any atom is -0.490 e. The van der Waals surface area contributed by atoms with Crippen molar-refractivity contribution in [3.63, 3.8) is 0 Å². The molecule has 2 N–H and O–H groups in total. The Kier molecular flexibility index (Phi) is 8.00. The summed E-state index contributed by atoms with van der Waals surface area (Å²) in [5, 5.41) is 8.61. The van der Waals surface area contributed by atoms with Crippen LogP contribution in [0.25, 0.3) is 0 Å². The predicted octanol–water partition coefficient (Wildman–Crippen LogP) is 3.54. The van der Waals surface area contributed by atoms with E-state index >= 15 is 0 Å². The maximum Gasteiger partial charge on any atom is 0.180 e. The number of hydrogen-bond acceptors (Lipinski definition) is 5. The summed E-state index contributed by atoms with van der Waals surface area (Å²) in [4.78, 5) is 0. The van der Waals surface area contributed by atoms with E-state index in [-0.39, 0.29) is 0 Å². The predicted molar refractivity (Wildman–Crippen MR) is 91.1 cm³/mol. The fourth-order valence-corrected chi connectivity index (χ4v) is 1.87. The van der Waals surface area contributed by atoms with E-state index in [1.807, 2.05) is 26.2 Å². The summed E-state index contributed by atoms with van der Waals surface area (Å²) >= 11 is 7.57. The summed E-state index contributed by atoms with van der Waals surface area (Å²) in [5.41, 5.74) is 6.32. The van der Waals surface area contributed by atoms with Gasteiger partial charge in [0, 0.05) is 5.56 Å². The highest BCUT2D eigenvalue weighted by Gasteiger charge is 2.11. The molecule has 0 fully saturated rings. The molecule has 0 aromatic heterocycles. The van der Waals surface area contributed by atoms with Gasteiger partial charge in [-0.05, 0) is 31.7 Å². The van der Waals surface area contributed by atoms with Crippen LogP contribution in [-0.2, 0) is 0 Å². The molecule has 0 atom stereocenters. The normalized spacial score (nSPS) is 11.9. The Morgan fingerprint density at radius 2 is 2.14 bits per heavy atom. The second-order valence-electron chi connectivity index (χ2n) is 4.00. The van der Waals surface area contributed by atoms with Crippen molar-refractivity contribution < 1.29 is 9.47 Å². The van der Waals surface area contributed by atoms with Gasteiger partial charge in [-0.1, -0.05) is 30.3 Å². The Balaban J connectivity index is 3.02. The second kappa shape index (κ2) is 9.52. The largest absolute Gasteiger partial charge is 0.490 e. The lowest BCUT2D eigenvalue weighted by Gasteiger charge is -2.13. The van der Waals surface area contributed by atoms with E-state index in [0.717, 1.165) is 12.0 Å². The standard InChI is InChI=1S/C14H20ClN3O2S/c1-4-6-20-13-11(15)7-10(8-12(13)19-5-2)9-17-18-14(16)21-3/h7-9H,4-6H2,1-3H3,(H2,16,18)/b17-9-. The molecule has 0 amide bonds. The third-order valence-corrected chi connectivity index (χ3v) is 3.14. The van der Waals surface area contributed by atoms with Gasteiger partial charge in [-0.3, -0.25) is 0 Å². The Bertz CT molecular complexity index is 521. The van der Waals surface area contributed by atoms with Crippen molar-refractivity contribution in [2.45, 2.75) is 20.3 Å². The summed E-state index contributed by atoms with van der Waals surface area (Å²) in [6, 6.07) is 3.57.